The molecule has 1 aliphatic heterocycles. The van der Waals surface area contributed by atoms with Gasteiger partial charge in [-0.1, -0.05) is 15.9 Å². The van der Waals surface area contributed by atoms with Crippen LogP contribution < -0.4 is 5.32 Å². The number of rotatable bonds is 1. The molecule has 1 atom stereocenters. The van der Waals surface area contributed by atoms with Crippen LogP contribution in [0.1, 0.15) is 28.8 Å². The van der Waals surface area contributed by atoms with Gasteiger partial charge in [-0.25, -0.2) is 4.79 Å². The molecule has 0 fully saturated rings. The highest BCUT2D eigenvalue weighted by atomic mass is 79.9. The summed E-state index contributed by atoms with van der Waals surface area (Å²) in [5, 5.41) is 11.6. The van der Waals surface area contributed by atoms with Crippen molar-refractivity contribution < 1.29 is 14.7 Å². The standard InChI is InChI=1S/C10H8BrNO3/c1-4-6-2-5(11)3-7(10(14)15)8(6)12-9(4)13/h2-4H,1H3,(H,12,13)(H,14,15). The number of carbonyl (C=O) groups is 2. The van der Waals surface area contributed by atoms with E-state index in [0.29, 0.717) is 10.2 Å². The first-order chi connectivity index (χ1) is 7.00. The first kappa shape index (κ1) is 10.2. The van der Waals surface area contributed by atoms with Gasteiger partial charge in [0.05, 0.1) is 17.2 Å². The molecule has 1 unspecified atom stereocenters. The number of halogens is 1. The van der Waals surface area contributed by atoms with Crippen molar-refractivity contribution in [3.05, 3.63) is 27.7 Å². The van der Waals surface area contributed by atoms with Crippen molar-refractivity contribution in [1.29, 1.82) is 0 Å². The Bertz CT molecular complexity index is 470. The number of fused-ring (bicyclic) bond motifs is 1. The summed E-state index contributed by atoms with van der Waals surface area (Å²) in [5.41, 5.74) is 1.27. The molecule has 0 bridgehead atoms. The molecule has 1 aromatic rings. The van der Waals surface area contributed by atoms with Gasteiger partial charge in [-0.3, -0.25) is 4.79 Å². The van der Waals surface area contributed by atoms with E-state index in [9.17, 15) is 9.59 Å². The summed E-state index contributed by atoms with van der Waals surface area (Å²) in [7, 11) is 0. The van der Waals surface area contributed by atoms with E-state index in [4.69, 9.17) is 5.11 Å². The highest BCUT2D eigenvalue weighted by Crippen LogP contribution is 2.37. The average Bonchev–Trinajstić information content (AvgIpc) is 2.43. The second kappa shape index (κ2) is 3.34. The maximum atomic E-state index is 11.4. The fourth-order valence-corrected chi connectivity index (χ4v) is 2.13. The number of nitrogens with one attached hydrogen (secondary N) is 1. The van der Waals surface area contributed by atoms with Crippen LogP contribution in [0.25, 0.3) is 0 Å². The molecule has 1 aromatic carbocycles. The fourth-order valence-electron chi connectivity index (χ4n) is 1.65. The van der Waals surface area contributed by atoms with Gasteiger partial charge < -0.3 is 10.4 Å². The Balaban J connectivity index is 2.67. The average molecular weight is 270 g/mol. The van der Waals surface area contributed by atoms with E-state index < -0.39 is 5.97 Å². The number of carbonyl (C=O) groups excluding carboxylic acids is 1. The van der Waals surface area contributed by atoms with E-state index in [-0.39, 0.29) is 17.4 Å². The molecule has 1 amide bonds. The van der Waals surface area contributed by atoms with Crippen LogP contribution in [0.5, 0.6) is 0 Å². The number of hydrogen-bond acceptors (Lipinski definition) is 2. The lowest BCUT2D eigenvalue weighted by molar-refractivity contribution is -0.116. The van der Waals surface area contributed by atoms with Crippen molar-refractivity contribution in [3.8, 4) is 0 Å². The van der Waals surface area contributed by atoms with Crippen LogP contribution in [-0.4, -0.2) is 17.0 Å². The van der Waals surface area contributed by atoms with Gasteiger partial charge in [-0.2, -0.15) is 0 Å². The third kappa shape index (κ3) is 1.52. The molecule has 78 valence electrons. The van der Waals surface area contributed by atoms with E-state index in [2.05, 4.69) is 21.2 Å². The maximum Gasteiger partial charge on any atom is 0.337 e. The Morgan fingerprint density at radius 3 is 2.80 bits per heavy atom. The molecular weight excluding hydrogens is 262 g/mol. The SMILES string of the molecule is CC1C(=O)Nc2c(C(=O)O)cc(Br)cc21. The molecule has 0 saturated heterocycles. The van der Waals surface area contributed by atoms with E-state index in [1.165, 1.54) is 6.07 Å². The Kier molecular flexibility index (Phi) is 2.26. The number of anilines is 1. The molecule has 5 heteroatoms. The quantitative estimate of drug-likeness (QED) is 0.822. The summed E-state index contributed by atoms with van der Waals surface area (Å²) in [6.07, 6.45) is 0. The van der Waals surface area contributed by atoms with E-state index >= 15 is 0 Å². The first-order valence-electron chi connectivity index (χ1n) is 4.38. The number of benzene rings is 1. The summed E-state index contributed by atoms with van der Waals surface area (Å²) in [6.45, 7) is 1.75. The molecule has 2 N–H and O–H groups in total. The Morgan fingerprint density at radius 1 is 1.53 bits per heavy atom. The molecule has 0 saturated carbocycles. The number of carboxylic acid groups (broad SMARTS) is 1. The summed E-state index contributed by atoms with van der Waals surface area (Å²) < 4.78 is 0.669. The lowest BCUT2D eigenvalue weighted by atomic mass is 10.0. The largest absolute Gasteiger partial charge is 0.478 e. The van der Waals surface area contributed by atoms with Gasteiger partial charge in [0.2, 0.25) is 5.91 Å². The third-order valence-electron chi connectivity index (χ3n) is 2.47. The first-order valence-corrected chi connectivity index (χ1v) is 5.17. The van der Waals surface area contributed by atoms with Crippen molar-refractivity contribution in [3.63, 3.8) is 0 Å². The molecule has 2 rings (SSSR count). The molecule has 0 aliphatic carbocycles. The fraction of sp³-hybridized carbons (Fsp3) is 0.200. The summed E-state index contributed by atoms with van der Waals surface area (Å²) in [6, 6.07) is 3.25. The number of amides is 1. The van der Waals surface area contributed by atoms with Gasteiger partial charge >= 0.3 is 5.97 Å². The van der Waals surface area contributed by atoms with Crippen LogP contribution in [0.4, 0.5) is 5.69 Å². The zero-order valence-electron chi connectivity index (χ0n) is 7.87. The lowest BCUT2D eigenvalue weighted by Gasteiger charge is -2.05. The lowest BCUT2D eigenvalue weighted by Crippen LogP contribution is -2.09. The van der Waals surface area contributed by atoms with E-state index in [1.807, 2.05) is 0 Å². The van der Waals surface area contributed by atoms with Crippen molar-refractivity contribution in [1.82, 2.24) is 0 Å². The van der Waals surface area contributed by atoms with Gasteiger partial charge in [0.25, 0.3) is 0 Å². The molecule has 0 radical (unpaired) electrons. The van der Waals surface area contributed by atoms with Gasteiger partial charge in [-0.05, 0) is 24.6 Å². The van der Waals surface area contributed by atoms with Crippen LogP contribution >= 0.6 is 15.9 Å². The molecule has 1 heterocycles. The topological polar surface area (TPSA) is 66.4 Å². The molecule has 4 nitrogen and oxygen atoms in total. The monoisotopic (exact) mass is 269 g/mol. The highest BCUT2D eigenvalue weighted by molar-refractivity contribution is 9.10. The minimum absolute atomic E-state index is 0.122. The van der Waals surface area contributed by atoms with Crippen LogP contribution in [-0.2, 0) is 4.79 Å². The Hall–Kier alpha value is -1.36. The molecule has 0 spiro atoms. The summed E-state index contributed by atoms with van der Waals surface area (Å²) >= 11 is 3.23. The van der Waals surface area contributed by atoms with E-state index in [1.54, 1.807) is 13.0 Å². The third-order valence-corrected chi connectivity index (χ3v) is 2.93. The van der Waals surface area contributed by atoms with Crippen LogP contribution in [0.3, 0.4) is 0 Å². The minimum Gasteiger partial charge on any atom is -0.478 e. The molecule has 0 aromatic heterocycles. The molecule has 15 heavy (non-hydrogen) atoms. The van der Waals surface area contributed by atoms with Gasteiger partial charge in [0, 0.05) is 4.47 Å². The molecule has 1 aliphatic rings. The van der Waals surface area contributed by atoms with Gasteiger partial charge in [0.1, 0.15) is 0 Å². The maximum absolute atomic E-state index is 11.4. The summed E-state index contributed by atoms with van der Waals surface area (Å²) in [5.74, 6) is -1.50. The second-order valence-corrected chi connectivity index (χ2v) is 4.35. The number of hydrogen-bond donors (Lipinski definition) is 2. The van der Waals surface area contributed by atoms with Crippen molar-refractivity contribution in [2.75, 3.05) is 5.32 Å². The predicted octanol–water partition coefficient (Wildman–Crippen LogP) is 2.20. The van der Waals surface area contributed by atoms with Crippen LogP contribution in [0.2, 0.25) is 0 Å². The molecular formula is C10H8BrNO3. The second-order valence-electron chi connectivity index (χ2n) is 3.43. The Morgan fingerprint density at radius 2 is 2.20 bits per heavy atom. The zero-order chi connectivity index (χ0) is 11.2. The van der Waals surface area contributed by atoms with E-state index in [0.717, 1.165) is 5.56 Å². The normalized spacial score (nSPS) is 18.5. The summed E-state index contributed by atoms with van der Waals surface area (Å²) in [4.78, 5) is 22.4. The van der Waals surface area contributed by atoms with Crippen LogP contribution in [0, 0.1) is 0 Å². The van der Waals surface area contributed by atoms with Gasteiger partial charge in [-0.15, -0.1) is 0 Å². The van der Waals surface area contributed by atoms with Crippen molar-refractivity contribution in [2.24, 2.45) is 0 Å². The van der Waals surface area contributed by atoms with Crippen LogP contribution in [0.15, 0.2) is 16.6 Å². The smallest absolute Gasteiger partial charge is 0.337 e. The Labute approximate surface area is 94.4 Å². The van der Waals surface area contributed by atoms with Crippen molar-refractivity contribution >= 4 is 33.5 Å². The highest BCUT2D eigenvalue weighted by Gasteiger charge is 2.30. The van der Waals surface area contributed by atoms with Crippen molar-refractivity contribution in [2.45, 2.75) is 12.8 Å². The minimum atomic E-state index is -1.04. The predicted molar refractivity (Wildman–Crippen MR) is 58.1 cm³/mol. The van der Waals surface area contributed by atoms with Gasteiger partial charge in [0.15, 0.2) is 0 Å². The zero-order valence-corrected chi connectivity index (χ0v) is 9.46. The number of carboxylic acids is 1. The number of aromatic carboxylic acids is 1.